The van der Waals surface area contributed by atoms with Crippen molar-refractivity contribution in [1.29, 1.82) is 5.26 Å². The number of nitriles is 1. The molecule has 0 fully saturated rings. The second-order valence-electron chi connectivity index (χ2n) is 6.54. The first-order valence-corrected chi connectivity index (χ1v) is 8.19. The lowest BCUT2D eigenvalue weighted by molar-refractivity contribution is -0.120. The molecule has 0 atom stereocenters. The molecule has 1 heterocycles. The molecule has 0 aromatic heterocycles. The third-order valence-electron chi connectivity index (χ3n) is 4.09. The van der Waals surface area contributed by atoms with E-state index in [9.17, 15) is 4.79 Å². The van der Waals surface area contributed by atoms with Gasteiger partial charge in [0.2, 0.25) is 0 Å². The van der Waals surface area contributed by atoms with Gasteiger partial charge in [-0.25, -0.2) is 5.43 Å². The van der Waals surface area contributed by atoms with Crippen LogP contribution in [0.25, 0.3) is 5.57 Å². The third-order valence-corrected chi connectivity index (χ3v) is 4.09. The number of carbonyl (C=O) groups is 1. The summed E-state index contributed by atoms with van der Waals surface area (Å²) in [5, 5.41) is 12.4. The number of rotatable bonds is 5. The summed E-state index contributed by atoms with van der Waals surface area (Å²) < 4.78 is 0. The van der Waals surface area contributed by atoms with Gasteiger partial charge in [0.15, 0.2) is 0 Å². The Morgan fingerprint density at radius 2 is 2.21 bits per heavy atom. The van der Waals surface area contributed by atoms with E-state index in [2.05, 4.69) is 61.3 Å². The van der Waals surface area contributed by atoms with Gasteiger partial charge in [0, 0.05) is 17.8 Å². The van der Waals surface area contributed by atoms with Gasteiger partial charge in [-0.3, -0.25) is 4.79 Å². The number of fused-ring (bicyclic) bond motifs is 1. The lowest BCUT2D eigenvalue weighted by Gasteiger charge is -2.43. The van der Waals surface area contributed by atoms with Gasteiger partial charge in [-0.05, 0) is 50.5 Å². The van der Waals surface area contributed by atoms with Crippen molar-refractivity contribution in [2.75, 3.05) is 11.4 Å². The van der Waals surface area contributed by atoms with Crippen molar-refractivity contribution in [2.24, 2.45) is 5.10 Å². The number of carbonyl (C=O) groups excluding carboxylic acids is 1. The number of allylic oxidation sites excluding steroid dienone is 1. The number of hydrazone groups is 1. The maximum absolute atomic E-state index is 11.2. The van der Waals surface area contributed by atoms with Gasteiger partial charge in [-0.2, -0.15) is 10.4 Å². The van der Waals surface area contributed by atoms with E-state index in [1.165, 1.54) is 16.8 Å². The zero-order chi connectivity index (χ0) is 17.7. The standard InChI is InChI=1S/C19H24N4O/c1-5-10-23-17-7-6-15(13-21-22-18(24)8-9-20)11-16(17)14(2)12-19(23,3)4/h6-7,11-13H,5,8,10H2,1-4H3,(H,22,24)/b21-13-. The predicted octanol–water partition coefficient (Wildman–Crippen LogP) is 3.46. The van der Waals surface area contributed by atoms with Gasteiger partial charge in [0.1, 0.15) is 6.42 Å². The minimum atomic E-state index is -0.404. The number of anilines is 1. The minimum absolute atomic E-state index is 0.00598. The smallest absolute Gasteiger partial charge is 0.254 e. The SMILES string of the molecule is CCCN1c2ccc(/C=N\NC(=O)CC#N)cc2C(C)=CC1(C)C. The third kappa shape index (κ3) is 3.83. The second kappa shape index (κ2) is 7.31. The molecule has 2 rings (SSSR count). The van der Waals surface area contributed by atoms with Crippen LogP contribution in [0.2, 0.25) is 0 Å². The maximum Gasteiger partial charge on any atom is 0.254 e. The lowest BCUT2D eigenvalue weighted by atomic mass is 9.88. The van der Waals surface area contributed by atoms with Crippen molar-refractivity contribution in [2.45, 2.75) is 46.1 Å². The van der Waals surface area contributed by atoms with Crippen LogP contribution >= 0.6 is 0 Å². The molecule has 0 saturated carbocycles. The summed E-state index contributed by atoms with van der Waals surface area (Å²) in [6.07, 6.45) is 4.79. The predicted molar refractivity (Wildman–Crippen MR) is 97.8 cm³/mol. The van der Waals surface area contributed by atoms with E-state index in [0.717, 1.165) is 18.5 Å². The highest BCUT2D eigenvalue weighted by Gasteiger charge is 2.30. The van der Waals surface area contributed by atoms with Crippen molar-refractivity contribution in [3.05, 3.63) is 35.4 Å². The van der Waals surface area contributed by atoms with Crippen LogP contribution in [0.4, 0.5) is 5.69 Å². The molecule has 1 amide bonds. The summed E-state index contributed by atoms with van der Waals surface area (Å²) in [6, 6.07) is 7.98. The Morgan fingerprint density at radius 1 is 1.46 bits per heavy atom. The number of nitrogens with zero attached hydrogens (tertiary/aromatic N) is 3. The molecule has 24 heavy (non-hydrogen) atoms. The molecule has 1 aliphatic rings. The summed E-state index contributed by atoms with van der Waals surface area (Å²) in [6.45, 7) is 9.77. The van der Waals surface area contributed by atoms with E-state index in [4.69, 9.17) is 5.26 Å². The van der Waals surface area contributed by atoms with E-state index < -0.39 is 5.91 Å². The van der Waals surface area contributed by atoms with Crippen LogP contribution in [0, 0.1) is 11.3 Å². The van der Waals surface area contributed by atoms with Crippen LogP contribution in [0.5, 0.6) is 0 Å². The first-order valence-electron chi connectivity index (χ1n) is 8.19. The zero-order valence-electron chi connectivity index (χ0n) is 14.8. The summed E-state index contributed by atoms with van der Waals surface area (Å²) in [5.41, 5.74) is 6.92. The highest BCUT2D eigenvalue weighted by Crippen LogP contribution is 2.39. The summed E-state index contributed by atoms with van der Waals surface area (Å²) in [7, 11) is 0. The molecule has 5 nitrogen and oxygen atoms in total. The molecule has 1 N–H and O–H groups in total. The van der Waals surface area contributed by atoms with Crippen LogP contribution in [-0.2, 0) is 4.79 Å². The first kappa shape index (κ1) is 17.7. The maximum atomic E-state index is 11.2. The fourth-order valence-electron chi connectivity index (χ4n) is 3.10. The van der Waals surface area contributed by atoms with E-state index in [1.807, 2.05) is 6.07 Å². The number of amides is 1. The van der Waals surface area contributed by atoms with Crippen LogP contribution in [0.1, 0.15) is 51.7 Å². The van der Waals surface area contributed by atoms with E-state index in [0.29, 0.717) is 0 Å². The quantitative estimate of drug-likeness (QED) is 0.666. The fourth-order valence-corrected chi connectivity index (χ4v) is 3.10. The van der Waals surface area contributed by atoms with Gasteiger partial charge < -0.3 is 4.90 Å². The Kier molecular flexibility index (Phi) is 5.40. The number of benzene rings is 1. The summed E-state index contributed by atoms with van der Waals surface area (Å²) >= 11 is 0. The van der Waals surface area contributed by atoms with Crippen LogP contribution in [-0.4, -0.2) is 24.2 Å². The van der Waals surface area contributed by atoms with Crippen molar-refractivity contribution >= 4 is 23.4 Å². The van der Waals surface area contributed by atoms with Crippen molar-refractivity contribution < 1.29 is 4.79 Å². The van der Waals surface area contributed by atoms with Gasteiger partial charge >= 0.3 is 0 Å². The number of hydrogen-bond donors (Lipinski definition) is 1. The molecule has 0 unspecified atom stereocenters. The van der Waals surface area contributed by atoms with Crippen LogP contribution in [0.3, 0.4) is 0 Å². The highest BCUT2D eigenvalue weighted by atomic mass is 16.2. The molecule has 0 aliphatic carbocycles. The van der Waals surface area contributed by atoms with Crippen LogP contribution < -0.4 is 10.3 Å². The Bertz CT molecular complexity index is 725. The van der Waals surface area contributed by atoms with Gasteiger partial charge in [-0.15, -0.1) is 0 Å². The Morgan fingerprint density at radius 3 is 2.88 bits per heavy atom. The topological polar surface area (TPSA) is 68.5 Å². The molecule has 0 spiro atoms. The van der Waals surface area contributed by atoms with Crippen molar-refractivity contribution in [3.63, 3.8) is 0 Å². The Labute approximate surface area is 143 Å². The lowest BCUT2D eigenvalue weighted by Crippen LogP contribution is -2.45. The molecular formula is C19H24N4O. The van der Waals surface area contributed by atoms with Gasteiger partial charge in [0.25, 0.3) is 5.91 Å². The van der Waals surface area contributed by atoms with Crippen LogP contribution in [0.15, 0.2) is 29.4 Å². The monoisotopic (exact) mass is 324 g/mol. The highest BCUT2D eigenvalue weighted by molar-refractivity contribution is 5.88. The molecular weight excluding hydrogens is 300 g/mol. The van der Waals surface area contributed by atoms with Gasteiger partial charge in [-0.1, -0.05) is 19.1 Å². The zero-order valence-corrected chi connectivity index (χ0v) is 14.8. The Balaban J connectivity index is 2.27. The van der Waals surface area contributed by atoms with Gasteiger partial charge in [0.05, 0.1) is 17.8 Å². The number of nitrogens with one attached hydrogen (secondary N) is 1. The molecule has 1 aromatic carbocycles. The molecule has 0 radical (unpaired) electrons. The average Bonchev–Trinajstić information content (AvgIpc) is 2.51. The first-order chi connectivity index (χ1) is 11.4. The molecule has 126 valence electrons. The average molecular weight is 324 g/mol. The van der Waals surface area contributed by atoms with Crippen molar-refractivity contribution in [3.8, 4) is 6.07 Å². The largest absolute Gasteiger partial charge is 0.362 e. The molecule has 1 aliphatic heterocycles. The second-order valence-corrected chi connectivity index (χ2v) is 6.54. The molecule has 0 saturated heterocycles. The van der Waals surface area contributed by atoms with E-state index >= 15 is 0 Å². The molecule has 5 heteroatoms. The molecule has 0 bridgehead atoms. The molecule has 1 aromatic rings. The van der Waals surface area contributed by atoms with E-state index in [-0.39, 0.29) is 12.0 Å². The number of hydrogen-bond acceptors (Lipinski definition) is 4. The normalized spacial score (nSPS) is 15.6. The minimum Gasteiger partial charge on any atom is -0.362 e. The van der Waals surface area contributed by atoms with Crippen molar-refractivity contribution in [1.82, 2.24) is 5.43 Å². The Hall–Kier alpha value is -2.61. The van der Waals surface area contributed by atoms with E-state index in [1.54, 1.807) is 12.3 Å². The summed E-state index contributed by atoms with van der Waals surface area (Å²) in [5.74, 6) is -0.404. The summed E-state index contributed by atoms with van der Waals surface area (Å²) in [4.78, 5) is 13.7. The fraction of sp³-hybridized carbons (Fsp3) is 0.421.